The van der Waals surface area contributed by atoms with Crippen molar-refractivity contribution < 1.29 is 27.9 Å². The summed E-state index contributed by atoms with van der Waals surface area (Å²) in [5.41, 5.74) is -0.444. The average molecular weight is 273 g/mol. The first kappa shape index (κ1) is 13.4. The summed E-state index contributed by atoms with van der Waals surface area (Å²) < 4.78 is 39.6. The summed E-state index contributed by atoms with van der Waals surface area (Å²) in [6.07, 6.45) is -0.195. The SMILES string of the molecule is O=C(O)C1CC(=O)N(Cc2c(F)cc(F)cc2F)C1. The van der Waals surface area contributed by atoms with Gasteiger partial charge in [-0.25, -0.2) is 13.2 Å². The van der Waals surface area contributed by atoms with Crippen molar-refractivity contribution in [3.8, 4) is 0 Å². The van der Waals surface area contributed by atoms with Crippen LogP contribution in [0.2, 0.25) is 0 Å². The normalized spacial score (nSPS) is 19.0. The van der Waals surface area contributed by atoms with E-state index in [1.807, 2.05) is 0 Å². The van der Waals surface area contributed by atoms with Crippen LogP contribution in [0.3, 0.4) is 0 Å². The van der Waals surface area contributed by atoms with Gasteiger partial charge in [0, 0.05) is 30.7 Å². The van der Waals surface area contributed by atoms with E-state index >= 15 is 0 Å². The van der Waals surface area contributed by atoms with Gasteiger partial charge in [-0.2, -0.15) is 0 Å². The number of carboxylic acids is 1. The van der Waals surface area contributed by atoms with E-state index in [0.29, 0.717) is 12.1 Å². The van der Waals surface area contributed by atoms with Gasteiger partial charge in [0.25, 0.3) is 0 Å². The highest BCUT2D eigenvalue weighted by molar-refractivity contribution is 5.86. The van der Waals surface area contributed by atoms with Gasteiger partial charge in [0.1, 0.15) is 17.5 Å². The van der Waals surface area contributed by atoms with Crippen LogP contribution in [-0.2, 0) is 16.1 Å². The molecule has 1 aromatic carbocycles. The van der Waals surface area contributed by atoms with Gasteiger partial charge >= 0.3 is 5.97 Å². The van der Waals surface area contributed by atoms with Gasteiger partial charge in [-0.15, -0.1) is 0 Å². The predicted molar refractivity (Wildman–Crippen MR) is 57.5 cm³/mol. The van der Waals surface area contributed by atoms with E-state index < -0.39 is 47.4 Å². The molecule has 0 saturated carbocycles. The molecule has 1 aliphatic rings. The Bertz CT molecular complexity index is 524. The van der Waals surface area contributed by atoms with Crippen molar-refractivity contribution in [3.05, 3.63) is 35.1 Å². The Labute approximate surface area is 106 Å². The zero-order valence-corrected chi connectivity index (χ0v) is 9.70. The summed E-state index contributed by atoms with van der Waals surface area (Å²) in [7, 11) is 0. The number of aliphatic carboxylic acids is 1. The molecule has 1 aliphatic heterocycles. The standard InChI is InChI=1S/C12H10F3NO3/c13-7-2-9(14)8(10(15)3-7)5-16-4-6(12(18)19)1-11(16)17/h2-3,6H,1,4-5H2,(H,18,19). The third kappa shape index (κ3) is 2.69. The highest BCUT2D eigenvalue weighted by atomic mass is 19.1. The monoisotopic (exact) mass is 273 g/mol. The second kappa shape index (κ2) is 4.91. The molecule has 4 nitrogen and oxygen atoms in total. The van der Waals surface area contributed by atoms with Crippen LogP contribution in [0.1, 0.15) is 12.0 Å². The molecule has 0 radical (unpaired) electrons. The molecule has 1 aromatic rings. The molecule has 1 N–H and O–H groups in total. The van der Waals surface area contributed by atoms with E-state index in [1.54, 1.807) is 0 Å². The molecule has 1 atom stereocenters. The second-order valence-corrected chi connectivity index (χ2v) is 4.36. The largest absolute Gasteiger partial charge is 0.481 e. The third-order valence-electron chi connectivity index (χ3n) is 3.02. The molecule has 0 aliphatic carbocycles. The Balaban J connectivity index is 2.19. The summed E-state index contributed by atoms with van der Waals surface area (Å²) in [6.45, 7) is -0.509. The second-order valence-electron chi connectivity index (χ2n) is 4.36. The molecule has 19 heavy (non-hydrogen) atoms. The summed E-state index contributed by atoms with van der Waals surface area (Å²) >= 11 is 0. The lowest BCUT2D eigenvalue weighted by Gasteiger charge is -2.17. The van der Waals surface area contributed by atoms with E-state index in [1.165, 1.54) is 0 Å². The number of hydrogen-bond donors (Lipinski definition) is 1. The van der Waals surface area contributed by atoms with Crippen LogP contribution in [0.4, 0.5) is 13.2 Å². The first-order valence-electron chi connectivity index (χ1n) is 5.52. The fraction of sp³-hybridized carbons (Fsp3) is 0.333. The first-order valence-corrected chi connectivity index (χ1v) is 5.52. The molecule has 1 unspecified atom stereocenters. The van der Waals surface area contributed by atoms with Gasteiger partial charge in [-0.05, 0) is 0 Å². The molecular weight excluding hydrogens is 263 g/mol. The van der Waals surface area contributed by atoms with Gasteiger partial charge in [0.2, 0.25) is 5.91 Å². The number of amides is 1. The van der Waals surface area contributed by atoms with Crippen LogP contribution in [0.5, 0.6) is 0 Å². The van der Waals surface area contributed by atoms with Crippen LogP contribution < -0.4 is 0 Å². The molecule has 0 spiro atoms. The van der Waals surface area contributed by atoms with Gasteiger partial charge < -0.3 is 10.0 Å². The lowest BCUT2D eigenvalue weighted by molar-refractivity contribution is -0.141. The van der Waals surface area contributed by atoms with Gasteiger partial charge in [0.05, 0.1) is 12.5 Å². The molecule has 1 heterocycles. The van der Waals surface area contributed by atoms with Crippen molar-refractivity contribution in [2.24, 2.45) is 5.92 Å². The number of hydrogen-bond acceptors (Lipinski definition) is 2. The number of nitrogens with zero attached hydrogens (tertiary/aromatic N) is 1. The van der Waals surface area contributed by atoms with Crippen LogP contribution in [0, 0.1) is 23.4 Å². The molecule has 0 bridgehead atoms. The predicted octanol–water partition coefficient (Wildman–Crippen LogP) is 1.54. The zero-order chi connectivity index (χ0) is 14.2. The van der Waals surface area contributed by atoms with Gasteiger partial charge in [0.15, 0.2) is 0 Å². The first-order chi connectivity index (χ1) is 8.88. The van der Waals surface area contributed by atoms with Crippen molar-refractivity contribution in [2.75, 3.05) is 6.54 Å². The molecule has 0 aromatic heterocycles. The zero-order valence-electron chi connectivity index (χ0n) is 9.70. The van der Waals surface area contributed by atoms with E-state index in [0.717, 1.165) is 4.90 Å². The minimum atomic E-state index is -1.13. The quantitative estimate of drug-likeness (QED) is 0.908. The number of rotatable bonds is 3. The van der Waals surface area contributed by atoms with Crippen LogP contribution >= 0.6 is 0 Å². The van der Waals surface area contributed by atoms with Crippen molar-refractivity contribution >= 4 is 11.9 Å². The maximum Gasteiger partial charge on any atom is 0.308 e. The molecule has 1 amide bonds. The smallest absolute Gasteiger partial charge is 0.308 e. The van der Waals surface area contributed by atoms with Crippen LogP contribution in [-0.4, -0.2) is 28.4 Å². The Kier molecular flexibility index (Phi) is 3.46. The van der Waals surface area contributed by atoms with Crippen molar-refractivity contribution in [1.82, 2.24) is 4.90 Å². The number of benzene rings is 1. The number of likely N-dealkylation sites (tertiary alicyclic amines) is 1. The lowest BCUT2D eigenvalue weighted by atomic mass is 10.1. The van der Waals surface area contributed by atoms with Crippen molar-refractivity contribution in [1.29, 1.82) is 0 Å². The summed E-state index contributed by atoms with van der Waals surface area (Å²) in [5, 5.41) is 8.78. The van der Waals surface area contributed by atoms with Crippen molar-refractivity contribution in [3.63, 3.8) is 0 Å². The van der Waals surface area contributed by atoms with Gasteiger partial charge in [-0.1, -0.05) is 0 Å². The van der Waals surface area contributed by atoms with E-state index in [4.69, 9.17) is 5.11 Å². The third-order valence-corrected chi connectivity index (χ3v) is 3.02. The Hall–Kier alpha value is -2.05. The number of carbonyl (C=O) groups excluding carboxylic acids is 1. The topological polar surface area (TPSA) is 57.6 Å². The Morgan fingerprint density at radius 1 is 1.32 bits per heavy atom. The minimum absolute atomic E-state index is 0.107. The molecular formula is C12H10F3NO3. The van der Waals surface area contributed by atoms with Crippen LogP contribution in [0.25, 0.3) is 0 Å². The van der Waals surface area contributed by atoms with E-state index in [-0.39, 0.29) is 13.0 Å². The van der Waals surface area contributed by atoms with E-state index in [2.05, 4.69) is 0 Å². The number of carbonyl (C=O) groups is 2. The maximum atomic E-state index is 13.4. The lowest BCUT2D eigenvalue weighted by Crippen LogP contribution is -2.26. The maximum absolute atomic E-state index is 13.4. The molecule has 102 valence electrons. The molecule has 1 saturated heterocycles. The minimum Gasteiger partial charge on any atom is -0.481 e. The number of carboxylic acid groups (broad SMARTS) is 1. The van der Waals surface area contributed by atoms with E-state index in [9.17, 15) is 22.8 Å². The van der Waals surface area contributed by atoms with Crippen LogP contribution in [0.15, 0.2) is 12.1 Å². The fourth-order valence-corrected chi connectivity index (χ4v) is 2.00. The Morgan fingerprint density at radius 2 is 1.89 bits per heavy atom. The van der Waals surface area contributed by atoms with Crippen molar-refractivity contribution in [2.45, 2.75) is 13.0 Å². The summed E-state index contributed by atoms with van der Waals surface area (Å²) in [6, 6.07) is 1.04. The average Bonchev–Trinajstić information content (AvgIpc) is 2.65. The summed E-state index contributed by atoms with van der Waals surface area (Å²) in [5.74, 6) is -5.73. The van der Waals surface area contributed by atoms with Gasteiger partial charge in [-0.3, -0.25) is 9.59 Å². The molecule has 1 fully saturated rings. The Morgan fingerprint density at radius 3 is 2.37 bits per heavy atom. The highest BCUT2D eigenvalue weighted by Crippen LogP contribution is 2.23. The molecule has 7 heteroatoms. The summed E-state index contributed by atoms with van der Waals surface area (Å²) in [4.78, 5) is 23.3. The fourth-order valence-electron chi connectivity index (χ4n) is 2.00. The number of halogens is 3. The molecule has 2 rings (SSSR count). The highest BCUT2D eigenvalue weighted by Gasteiger charge is 2.34.